The van der Waals surface area contributed by atoms with E-state index in [1.54, 1.807) is 11.3 Å². The van der Waals surface area contributed by atoms with Gasteiger partial charge in [-0.15, -0.1) is 0 Å². The fourth-order valence-electron chi connectivity index (χ4n) is 3.57. The summed E-state index contributed by atoms with van der Waals surface area (Å²) < 4.78 is 5.94. The summed E-state index contributed by atoms with van der Waals surface area (Å²) >= 11 is 1.74. The number of aliphatic hydroxyl groups excluding tert-OH is 1. The third kappa shape index (κ3) is 4.78. The molecule has 1 aromatic heterocycles. The van der Waals surface area contributed by atoms with Crippen molar-refractivity contribution in [1.82, 2.24) is 4.90 Å². The van der Waals surface area contributed by atoms with Crippen LogP contribution in [0.15, 0.2) is 65.4 Å². The standard InChI is InChI=1S/C23H25NO2S/c25-22(8-6-18-4-2-1-3-5-18)20-7-9-23-21(14-20)16-24(11-12-26-23)15-19-10-13-27-17-19/h1-5,7,9-10,13-14,17,22,25H,6,8,11-12,15-16H2. The van der Waals surface area contributed by atoms with E-state index in [-0.39, 0.29) is 0 Å². The molecule has 1 unspecified atom stereocenters. The van der Waals surface area contributed by atoms with Gasteiger partial charge in [-0.2, -0.15) is 11.3 Å². The first-order valence-electron chi connectivity index (χ1n) is 9.49. The summed E-state index contributed by atoms with van der Waals surface area (Å²) in [5, 5.41) is 15.0. The Morgan fingerprint density at radius 3 is 2.78 bits per heavy atom. The monoisotopic (exact) mass is 379 g/mol. The maximum absolute atomic E-state index is 10.7. The number of ether oxygens (including phenoxy) is 1. The third-order valence-electron chi connectivity index (χ3n) is 5.06. The SMILES string of the molecule is OC(CCc1ccccc1)c1ccc2c(c1)CN(Cc1ccsc1)CCO2. The van der Waals surface area contributed by atoms with Gasteiger partial charge in [-0.05, 0) is 58.5 Å². The number of thiophene rings is 1. The molecule has 0 amide bonds. The number of aliphatic hydroxyl groups is 1. The predicted molar refractivity (Wildman–Crippen MR) is 110 cm³/mol. The Morgan fingerprint density at radius 2 is 1.96 bits per heavy atom. The van der Waals surface area contributed by atoms with Crippen LogP contribution in [0.2, 0.25) is 0 Å². The van der Waals surface area contributed by atoms with Crippen molar-refractivity contribution in [1.29, 1.82) is 0 Å². The highest BCUT2D eigenvalue weighted by atomic mass is 32.1. The van der Waals surface area contributed by atoms with Crippen LogP contribution < -0.4 is 4.74 Å². The van der Waals surface area contributed by atoms with E-state index in [0.717, 1.165) is 43.8 Å². The van der Waals surface area contributed by atoms with Crippen LogP contribution in [-0.4, -0.2) is 23.2 Å². The lowest BCUT2D eigenvalue weighted by Crippen LogP contribution is -2.25. The van der Waals surface area contributed by atoms with Crippen molar-refractivity contribution < 1.29 is 9.84 Å². The molecule has 27 heavy (non-hydrogen) atoms. The minimum absolute atomic E-state index is 0.455. The number of rotatable bonds is 6. The molecule has 0 fully saturated rings. The molecule has 1 aliphatic rings. The van der Waals surface area contributed by atoms with Gasteiger partial charge < -0.3 is 9.84 Å². The third-order valence-corrected chi connectivity index (χ3v) is 5.80. The first kappa shape index (κ1) is 18.2. The summed E-state index contributed by atoms with van der Waals surface area (Å²) in [6.07, 6.45) is 1.14. The van der Waals surface area contributed by atoms with Gasteiger partial charge in [0.1, 0.15) is 12.4 Å². The van der Waals surface area contributed by atoms with Crippen LogP contribution in [0.3, 0.4) is 0 Å². The molecule has 140 valence electrons. The van der Waals surface area contributed by atoms with E-state index in [1.165, 1.54) is 16.7 Å². The first-order valence-corrected chi connectivity index (χ1v) is 10.4. The molecular formula is C23H25NO2S. The molecule has 0 spiro atoms. The molecule has 4 rings (SSSR count). The molecule has 1 aliphatic heterocycles. The van der Waals surface area contributed by atoms with Crippen LogP contribution in [0.4, 0.5) is 0 Å². The van der Waals surface area contributed by atoms with Gasteiger partial charge in [-0.25, -0.2) is 0 Å². The first-order chi connectivity index (χ1) is 13.3. The largest absolute Gasteiger partial charge is 0.492 e. The van der Waals surface area contributed by atoms with Crippen LogP contribution in [0, 0.1) is 0 Å². The van der Waals surface area contributed by atoms with Crippen molar-refractivity contribution in [3.8, 4) is 5.75 Å². The Kier molecular flexibility index (Phi) is 5.87. The van der Waals surface area contributed by atoms with E-state index < -0.39 is 6.10 Å². The summed E-state index contributed by atoms with van der Waals surface area (Å²) in [7, 11) is 0. The lowest BCUT2D eigenvalue weighted by molar-refractivity contribution is 0.167. The fraction of sp³-hybridized carbons (Fsp3) is 0.304. The maximum Gasteiger partial charge on any atom is 0.123 e. The quantitative estimate of drug-likeness (QED) is 0.667. The van der Waals surface area contributed by atoms with Gasteiger partial charge in [-0.1, -0.05) is 36.4 Å². The van der Waals surface area contributed by atoms with Crippen molar-refractivity contribution >= 4 is 11.3 Å². The minimum Gasteiger partial charge on any atom is -0.492 e. The average molecular weight is 380 g/mol. The van der Waals surface area contributed by atoms with Crippen molar-refractivity contribution in [3.63, 3.8) is 0 Å². The van der Waals surface area contributed by atoms with Crippen molar-refractivity contribution in [2.75, 3.05) is 13.2 Å². The molecule has 0 radical (unpaired) electrons. The van der Waals surface area contributed by atoms with Crippen LogP contribution in [0.25, 0.3) is 0 Å². The van der Waals surface area contributed by atoms with E-state index in [4.69, 9.17) is 4.74 Å². The van der Waals surface area contributed by atoms with Gasteiger partial charge in [0, 0.05) is 25.2 Å². The zero-order valence-corrected chi connectivity index (χ0v) is 16.2. The number of benzene rings is 2. The molecule has 0 saturated heterocycles. The topological polar surface area (TPSA) is 32.7 Å². The van der Waals surface area contributed by atoms with Gasteiger partial charge in [-0.3, -0.25) is 4.90 Å². The molecule has 1 N–H and O–H groups in total. The Bertz CT molecular complexity index is 848. The Morgan fingerprint density at radius 1 is 1.07 bits per heavy atom. The zero-order valence-electron chi connectivity index (χ0n) is 15.4. The average Bonchev–Trinajstić information content (AvgIpc) is 3.12. The second-order valence-corrected chi connectivity index (χ2v) is 7.88. The summed E-state index contributed by atoms with van der Waals surface area (Å²) in [6, 6.07) is 18.7. The molecule has 2 heterocycles. The Labute approximate surface area is 164 Å². The minimum atomic E-state index is -0.455. The molecule has 0 bridgehead atoms. The Hall–Kier alpha value is -2.14. The van der Waals surface area contributed by atoms with E-state index >= 15 is 0 Å². The lowest BCUT2D eigenvalue weighted by atomic mass is 9.99. The molecule has 1 atom stereocenters. The van der Waals surface area contributed by atoms with Crippen molar-refractivity contribution in [2.24, 2.45) is 0 Å². The smallest absolute Gasteiger partial charge is 0.123 e. The molecule has 3 nitrogen and oxygen atoms in total. The summed E-state index contributed by atoms with van der Waals surface area (Å²) in [5.41, 5.74) is 4.75. The van der Waals surface area contributed by atoms with Gasteiger partial charge in [0.2, 0.25) is 0 Å². The molecule has 0 saturated carbocycles. The second kappa shape index (κ2) is 8.70. The van der Waals surface area contributed by atoms with Crippen LogP contribution >= 0.6 is 11.3 Å². The van der Waals surface area contributed by atoms with Gasteiger partial charge in [0.15, 0.2) is 0 Å². The van der Waals surface area contributed by atoms with Crippen molar-refractivity contribution in [2.45, 2.75) is 32.0 Å². The van der Waals surface area contributed by atoms with E-state index in [9.17, 15) is 5.11 Å². The normalized spacial score (nSPS) is 15.6. The predicted octanol–water partition coefficient (Wildman–Crippen LogP) is 4.81. The zero-order chi connectivity index (χ0) is 18.5. The molecule has 2 aromatic carbocycles. The maximum atomic E-state index is 10.7. The van der Waals surface area contributed by atoms with Crippen LogP contribution in [-0.2, 0) is 19.5 Å². The number of fused-ring (bicyclic) bond motifs is 1. The highest BCUT2D eigenvalue weighted by Crippen LogP contribution is 2.29. The molecule has 4 heteroatoms. The van der Waals surface area contributed by atoms with Crippen LogP contribution in [0.5, 0.6) is 5.75 Å². The highest BCUT2D eigenvalue weighted by Gasteiger charge is 2.18. The van der Waals surface area contributed by atoms with E-state index in [2.05, 4.69) is 39.9 Å². The lowest BCUT2D eigenvalue weighted by Gasteiger charge is -2.19. The second-order valence-electron chi connectivity index (χ2n) is 7.10. The fourth-order valence-corrected chi connectivity index (χ4v) is 4.23. The summed E-state index contributed by atoms with van der Waals surface area (Å²) in [4.78, 5) is 2.41. The van der Waals surface area contributed by atoms with Crippen molar-refractivity contribution in [3.05, 3.63) is 87.6 Å². The van der Waals surface area contributed by atoms with E-state index in [0.29, 0.717) is 6.61 Å². The number of nitrogens with zero attached hydrogens (tertiary/aromatic N) is 1. The summed E-state index contributed by atoms with van der Waals surface area (Å²) in [5.74, 6) is 0.946. The number of aryl methyl sites for hydroxylation is 1. The Balaban J connectivity index is 1.44. The highest BCUT2D eigenvalue weighted by molar-refractivity contribution is 7.07. The van der Waals surface area contributed by atoms with Crippen LogP contribution in [0.1, 0.15) is 34.8 Å². The molecular weight excluding hydrogens is 354 g/mol. The van der Waals surface area contributed by atoms with Gasteiger partial charge in [0.05, 0.1) is 6.10 Å². The number of hydrogen-bond acceptors (Lipinski definition) is 4. The van der Waals surface area contributed by atoms with Gasteiger partial charge >= 0.3 is 0 Å². The molecule has 3 aromatic rings. The van der Waals surface area contributed by atoms with Gasteiger partial charge in [0.25, 0.3) is 0 Å². The van der Waals surface area contributed by atoms with E-state index in [1.807, 2.05) is 30.3 Å². The summed E-state index contributed by atoms with van der Waals surface area (Å²) in [6.45, 7) is 3.40. The number of hydrogen-bond donors (Lipinski definition) is 1. The molecule has 0 aliphatic carbocycles.